The number of fused-ring (bicyclic) bond motifs is 1. The molecule has 1 aromatic rings. The van der Waals surface area contributed by atoms with Crippen LogP contribution in [0.25, 0.3) is 0 Å². The first kappa shape index (κ1) is 14.1. The molecule has 2 aliphatic rings. The van der Waals surface area contributed by atoms with Crippen molar-refractivity contribution >= 4 is 0 Å². The van der Waals surface area contributed by atoms with Crippen molar-refractivity contribution in [2.45, 2.75) is 57.1 Å². The number of rotatable bonds is 4. The lowest BCUT2D eigenvalue weighted by Gasteiger charge is -2.32. The SMILES string of the molecule is CNC(CC1CCCc2ccccc21)C1CCOC1C. The highest BCUT2D eigenvalue weighted by Gasteiger charge is 2.33. The third-order valence-corrected chi connectivity index (χ3v) is 5.35. The molecule has 20 heavy (non-hydrogen) atoms. The topological polar surface area (TPSA) is 21.3 Å². The van der Waals surface area contributed by atoms with Gasteiger partial charge >= 0.3 is 0 Å². The van der Waals surface area contributed by atoms with Crippen LogP contribution in [0.3, 0.4) is 0 Å². The molecule has 1 aromatic carbocycles. The van der Waals surface area contributed by atoms with Gasteiger partial charge in [-0.3, -0.25) is 0 Å². The lowest BCUT2D eigenvalue weighted by molar-refractivity contribution is 0.0940. The van der Waals surface area contributed by atoms with Crippen LogP contribution < -0.4 is 5.32 Å². The van der Waals surface area contributed by atoms with Crippen molar-refractivity contribution in [2.75, 3.05) is 13.7 Å². The fourth-order valence-corrected chi connectivity index (χ4v) is 4.19. The molecule has 1 N–H and O–H groups in total. The number of nitrogens with one attached hydrogen (secondary N) is 1. The normalized spacial score (nSPS) is 31.0. The summed E-state index contributed by atoms with van der Waals surface area (Å²) < 4.78 is 5.77. The summed E-state index contributed by atoms with van der Waals surface area (Å²) in [4.78, 5) is 0. The average molecular weight is 273 g/mol. The van der Waals surface area contributed by atoms with Crippen LogP contribution in [0, 0.1) is 5.92 Å². The Labute approximate surface area is 122 Å². The van der Waals surface area contributed by atoms with Crippen molar-refractivity contribution in [3.8, 4) is 0 Å². The lowest BCUT2D eigenvalue weighted by atomic mass is 9.77. The van der Waals surface area contributed by atoms with E-state index in [0.717, 1.165) is 12.5 Å². The first-order valence-electron chi connectivity index (χ1n) is 8.16. The molecule has 0 aromatic heterocycles. The maximum Gasteiger partial charge on any atom is 0.0590 e. The molecule has 1 aliphatic heterocycles. The predicted octanol–water partition coefficient (Wildman–Crippen LogP) is 3.51. The van der Waals surface area contributed by atoms with Crippen LogP contribution in [0.1, 0.15) is 49.7 Å². The van der Waals surface area contributed by atoms with Gasteiger partial charge in [0, 0.05) is 18.6 Å². The molecule has 0 bridgehead atoms. The molecule has 0 spiro atoms. The zero-order valence-electron chi connectivity index (χ0n) is 12.8. The van der Waals surface area contributed by atoms with Gasteiger partial charge in [-0.25, -0.2) is 0 Å². The van der Waals surface area contributed by atoms with Crippen molar-refractivity contribution in [1.29, 1.82) is 0 Å². The third-order valence-electron chi connectivity index (χ3n) is 5.35. The van der Waals surface area contributed by atoms with Crippen LogP contribution in [0.2, 0.25) is 0 Å². The number of benzene rings is 1. The van der Waals surface area contributed by atoms with E-state index in [1.807, 2.05) is 0 Å². The Morgan fingerprint density at radius 3 is 2.90 bits per heavy atom. The van der Waals surface area contributed by atoms with E-state index in [2.05, 4.69) is 43.6 Å². The van der Waals surface area contributed by atoms with Crippen molar-refractivity contribution in [2.24, 2.45) is 5.92 Å². The van der Waals surface area contributed by atoms with Crippen LogP contribution in [0.4, 0.5) is 0 Å². The Hall–Kier alpha value is -0.860. The molecule has 1 heterocycles. The predicted molar refractivity (Wildman–Crippen MR) is 83.1 cm³/mol. The van der Waals surface area contributed by atoms with E-state index in [1.54, 1.807) is 11.1 Å². The largest absolute Gasteiger partial charge is 0.378 e. The van der Waals surface area contributed by atoms with E-state index >= 15 is 0 Å². The third kappa shape index (κ3) is 2.77. The van der Waals surface area contributed by atoms with Gasteiger partial charge in [0.1, 0.15) is 0 Å². The van der Waals surface area contributed by atoms with E-state index in [-0.39, 0.29) is 0 Å². The minimum atomic E-state index is 0.409. The van der Waals surface area contributed by atoms with Gasteiger partial charge in [-0.05, 0) is 63.1 Å². The van der Waals surface area contributed by atoms with E-state index in [9.17, 15) is 0 Å². The minimum Gasteiger partial charge on any atom is -0.378 e. The highest BCUT2D eigenvalue weighted by atomic mass is 16.5. The maximum atomic E-state index is 5.77. The Morgan fingerprint density at radius 1 is 1.30 bits per heavy atom. The van der Waals surface area contributed by atoms with Gasteiger partial charge < -0.3 is 10.1 Å². The maximum absolute atomic E-state index is 5.77. The number of hydrogen-bond acceptors (Lipinski definition) is 2. The Bertz CT molecular complexity index is 445. The molecule has 1 aliphatic carbocycles. The number of aryl methyl sites for hydroxylation is 1. The zero-order valence-corrected chi connectivity index (χ0v) is 12.8. The summed E-state index contributed by atoms with van der Waals surface area (Å²) in [7, 11) is 2.12. The number of hydrogen-bond donors (Lipinski definition) is 1. The first-order valence-corrected chi connectivity index (χ1v) is 8.16. The summed E-state index contributed by atoms with van der Waals surface area (Å²) in [6, 6.07) is 9.64. The van der Waals surface area contributed by atoms with Gasteiger partial charge in [0.15, 0.2) is 0 Å². The molecule has 2 nitrogen and oxygen atoms in total. The van der Waals surface area contributed by atoms with Gasteiger partial charge in [0.25, 0.3) is 0 Å². The minimum absolute atomic E-state index is 0.409. The fraction of sp³-hybridized carbons (Fsp3) is 0.667. The monoisotopic (exact) mass is 273 g/mol. The highest BCUT2D eigenvalue weighted by Crippen LogP contribution is 2.37. The number of ether oxygens (including phenoxy) is 1. The zero-order chi connectivity index (χ0) is 13.9. The second kappa shape index (κ2) is 6.28. The molecule has 0 amide bonds. The molecular formula is C18H27NO. The molecular weight excluding hydrogens is 246 g/mol. The van der Waals surface area contributed by atoms with Crippen LogP contribution in [-0.4, -0.2) is 25.8 Å². The van der Waals surface area contributed by atoms with Crippen LogP contribution in [0.5, 0.6) is 0 Å². The quantitative estimate of drug-likeness (QED) is 0.906. The Morgan fingerprint density at radius 2 is 2.15 bits per heavy atom. The van der Waals surface area contributed by atoms with Crippen molar-refractivity contribution in [3.05, 3.63) is 35.4 Å². The molecule has 1 saturated heterocycles. The Kier molecular flexibility index (Phi) is 4.42. The van der Waals surface area contributed by atoms with Gasteiger partial charge in [0.2, 0.25) is 0 Å². The summed E-state index contributed by atoms with van der Waals surface area (Å²) in [5.41, 5.74) is 3.18. The average Bonchev–Trinajstić information content (AvgIpc) is 2.91. The smallest absolute Gasteiger partial charge is 0.0590 e. The Balaban J connectivity index is 1.73. The molecule has 110 valence electrons. The summed E-state index contributed by atoms with van der Waals surface area (Å²) in [5.74, 6) is 1.40. The van der Waals surface area contributed by atoms with Crippen LogP contribution in [-0.2, 0) is 11.2 Å². The van der Waals surface area contributed by atoms with E-state index in [4.69, 9.17) is 4.74 Å². The summed E-state index contributed by atoms with van der Waals surface area (Å²) >= 11 is 0. The van der Waals surface area contributed by atoms with Crippen molar-refractivity contribution in [1.82, 2.24) is 5.32 Å². The van der Waals surface area contributed by atoms with Gasteiger partial charge in [-0.1, -0.05) is 24.3 Å². The van der Waals surface area contributed by atoms with Crippen molar-refractivity contribution in [3.63, 3.8) is 0 Å². The van der Waals surface area contributed by atoms with Crippen LogP contribution in [0.15, 0.2) is 24.3 Å². The molecule has 2 heteroatoms. The second-order valence-electron chi connectivity index (χ2n) is 6.45. The lowest BCUT2D eigenvalue weighted by Crippen LogP contribution is -2.38. The molecule has 3 rings (SSSR count). The first-order chi connectivity index (χ1) is 9.79. The second-order valence-corrected chi connectivity index (χ2v) is 6.45. The van der Waals surface area contributed by atoms with E-state index in [0.29, 0.717) is 18.1 Å². The van der Waals surface area contributed by atoms with E-state index < -0.39 is 0 Å². The molecule has 4 atom stereocenters. The van der Waals surface area contributed by atoms with Crippen molar-refractivity contribution < 1.29 is 4.74 Å². The van der Waals surface area contributed by atoms with E-state index in [1.165, 1.54) is 32.1 Å². The standard InChI is InChI=1S/C18H27NO/c1-13-16(10-11-20-13)18(19-2)12-15-8-5-7-14-6-3-4-9-17(14)15/h3-4,6,9,13,15-16,18-19H,5,7-8,10-12H2,1-2H3. The highest BCUT2D eigenvalue weighted by molar-refractivity contribution is 5.32. The fourth-order valence-electron chi connectivity index (χ4n) is 4.19. The summed E-state index contributed by atoms with van der Waals surface area (Å²) in [6.45, 7) is 3.17. The summed E-state index contributed by atoms with van der Waals surface area (Å²) in [5, 5.41) is 3.57. The molecule has 4 unspecified atom stereocenters. The van der Waals surface area contributed by atoms with Crippen LogP contribution >= 0.6 is 0 Å². The molecule has 0 radical (unpaired) electrons. The molecule has 1 fully saturated rings. The van der Waals surface area contributed by atoms with Gasteiger partial charge in [-0.15, -0.1) is 0 Å². The molecule has 0 saturated carbocycles. The summed E-state index contributed by atoms with van der Waals surface area (Å²) in [6.07, 6.45) is 6.82. The van der Waals surface area contributed by atoms with Gasteiger partial charge in [0.05, 0.1) is 6.10 Å². The van der Waals surface area contributed by atoms with Gasteiger partial charge in [-0.2, -0.15) is 0 Å².